The average Bonchev–Trinajstić information content (AvgIpc) is 3.30. The van der Waals surface area contributed by atoms with Crippen molar-refractivity contribution in [2.45, 2.75) is 23.9 Å². The molecule has 1 fully saturated rings. The van der Waals surface area contributed by atoms with Gasteiger partial charge in [-0.15, -0.1) is 0 Å². The highest BCUT2D eigenvalue weighted by Crippen LogP contribution is 2.73. The number of aliphatic imine (C=N–C) groups is 2. The van der Waals surface area contributed by atoms with E-state index in [9.17, 15) is 0 Å². The number of nitrogens with zero attached hydrogens (tertiary/aromatic N) is 2. The first-order valence-electron chi connectivity index (χ1n) is 13.0. The molecule has 2 heterocycles. The fraction of sp³-hybridized carbons (Fsp3) is 0.212. The van der Waals surface area contributed by atoms with Gasteiger partial charge in [-0.2, -0.15) is 0 Å². The van der Waals surface area contributed by atoms with E-state index >= 15 is 0 Å². The number of rotatable bonds is 6. The fourth-order valence-electron chi connectivity index (χ4n) is 6.14. The Hall–Kier alpha value is -4.18. The van der Waals surface area contributed by atoms with Gasteiger partial charge in [-0.1, -0.05) is 121 Å². The van der Waals surface area contributed by atoms with Crippen molar-refractivity contribution < 1.29 is 9.47 Å². The Balaban J connectivity index is 1.38. The predicted molar refractivity (Wildman–Crippen MR) is 146 cm³/mol. The smallest absolute Gasteiger partial charge is 0.201 e. The first-order valence-corrected chi connectivity index (χ1v) is 13.0. The Morgan fingerprint density at radius 1 is 0.459 bits per heavy atom. The topological polar surface area (TPSA) is 43.2 Å². The van der Waals surface area contributed by atoms with Gasteiger partial charge in [-0.05, 0) is 22.3 Å². The number of hydrogen-bond donors (Lipinski definition) is 0. The minimum absolute atomic E-state index is 0.0338. The van der Waals surface area contributed by atoms with E-state index in [1.165, 1.54) is 11.1 Å². The molecule has 0 N–H and O–H groups in total. The molecule has 4 nitrogen and oxygen atoms in total. The first-order chi connectivity index (χ1) is 18.4. The molecule has 182 valence electrons. The van der Waals surface area contributed by atoms with E-state index in [0.29, 0.717) is 13.2 Å². The molecular weight excluding hydrogens is 456 g/mol. The standard InChI is InChI=1S/C33H28N2O2/c1-5-13-23(14-6-1)27-21-36-31(34-27)33(32-35-28(22-37-32)24-15-7-2-8-16-24)29(25-17-9-3-10-18-25)30(33)26-19-11-4-12-20-26/h1-20,27-30H,21-22H2/t27-,28-,29+,30+/m1/s1. The summed E-state index contributed by atoms with van der Waals surface area (Å²) in [7, 11) is 0. The van der Waals surface area contributed by atoms with Crippen LogP contribution in [-0.4, -0.2) is 25.0 Å². The third-order valence-corrected chi connectivity index (χ3v) is 7.90. The third kappa shape index (κ3) is 3.67. The van der Waals surface area contributed by atoms with E-state index in [1.807, 2.05) is 12.1 Å². The zero-order valence-electron chi connectivity index (χ0n) is 20.5. The molecule has 4 atom stereocenters. The summed E-state index contributed by atoms with van der Waals surface area (Å²) in [6.45, 7) is 1.05. The minimum atomic E-state index is -0.574. The SMILES string of the molecule is c1ccc([C@H]2COC(C3(C4=N[C@@H](c5ccccc5)CO4)[C@@H](c4ccccc4)[C@@H]3c3ccccc3)=N2)cc1. The van der Waals surface area contributed by atoms with Crippen molar-refractivity contribution >= 4 is 11.8 Å². The van der Waals surface area contributed by atoms with Crippen LogP contribution in [-0.2, 0) is 9.47 Å². The molecule has 37 heavy (non-hydrogen) atoms. The molecule has 2 aliphatic heterocycles. The van der Waals surface area contributed by atoms with E-state index in [-0.39, 0.29) is 23.9 Å². The summed E-state index contributed by atoms with van der Waals surface area (Å²) in [5, 5.41) is 0. The molecule has 1 aliphatic carbocycles. The average molecular weight is 485 g/mol. The summed E-state index contributed by atoms with van der Waals surface area (Å²) in [6, 6.07) is 42.1. The van der Waals surface area contributed by atoms with Crippen LogP contribution >= 0.6 is 0 Å². The Morgan fingerprint density at radius 3 is 1.14 bits per heavy atom. The zero-order chi connectivity index (χ0) is 24.7. The largest absolute Gasteiger partial charge is 0.478 e. The monoisotopic (exact) mass is 484 g/mol. The van der Waals surface area contributed by atoms with Crippen LogP contribution in [0.1, 0.15) is 46.2 Å². The van der Waals surface area contributed by atoms with Crippen LogP contribution in [0.2, 0.25) is 0 Å². The van der Waals surface area contributed by atoms with Crippen molar-refractivity contribution in [3.8, 4) is 0 Å². The van der Waals surface area contributed by atoms with Crippen LogP contribution in [0, 0.1) is 5.41 Å². The Bertz CT molecular complexity index is 1320. The molecule has 0 spiro atoms. The number of benzene rings is 4. The van der Waals surface area contributed by atoms with Gasteiger partial charge in [0.05, 0.1) is 0 Å². The molecule has 0 unspecified atom stereocenters. The maximum absolute atomic E-state index is 6.49. The van der Waals surface area contributed by atoms with E-state index in [4.69, 9.17) is 19.5 Å². The molecular formula is C33H28N2O2. The van der Waals surface area contributed by atoms with Gasteiger partial charge in [0, 0.05) is 11.8 Å². The predicted octanol–water partition coefficient (Wildman–Crippen LogP) is 6.89. The summed E-state index contributed by atoms with van der Waals surface area (Å²) < 4.78 is 13.0. The molecule has 4 aromatic rings. The number of ether oxygens (including phenoxy) is 2. The minimum Gasteiger partial charge on any atom is -0.478 e. The second-order valence-corrected chi connectivity index (χ2v) is 9.99. The van der Waals surface area contributed by atoms with Crippen LogP contribution in [0.5, 0.6) is 0 Å². The lowest BCUT2D eigenvalue weighted by Gasteiger charge is -2.18. The Labute approximate surface area is 217 Å². The first kappa shape index (κ1) is 22.1. The van der Waals surface area contributed by atoms with Crippen molar-refractivity contribution in [3.63, 3.8) is 0 Å². The lowest BCUT2D eigenvalue weighted by atomic mass is 9.96. The molecule has 7 rings (SSSR count). The van der Waals surface area contributed by atoms with Gasteiger partial charge in [-0.3, -0.25) is 0 Å². The molecule has 0 saturated heterocycles. The highest BCUT2D eigenvalue weighted by molar-refractivity contribution is 6.13. The molecule has 0 amide bonds. The maximum atomic E-state index is 6.49. The molecule has 4 aromatic carbocycles. The van der Waals surface area contributed by atoms with E-state index in [2.05, 4.69) is 109 Å². The Kier molecular flexibility index (Phi) is 5.39. The second-order valence-electron chi connectivity index (χ2n) is 9.99. The van der Waals surface area contributed by atoms with Gasteiger partial charge < -0.3 is 9.47 Å². The van der Waals surface area contributed by atoms with E-state index in [1.54, 1.807) is 0 Å². The van der Waals surface area contributed by atoms with Crippen molar-refractivity contribution in [2.24, 2.45) is 15.4 Å². The lowest BCUT2D eigenvalue weighted by molar-refractivity contribution is 0.278. The van der Waals surface area contributed by atoms with Gasteiger partial charge in [0.25, 0.3) is 0 Å². The Morgan fingerprint density at radius 2 is 0.784 bits per heavy atom. The molecule has 4 heteroatoms. The van der Waals surface area contributed by atoms with Crippen molar-refractivity contribution in [1.29, 1.82) is 0 Å². The van der Waals surface area contributed by atoms with Gasteiger partial charge in [0.15, 0.2) is 0 Å². The fourth-order valence-corrected chi connectivity index (χ4v) is 6.14. The van der Waals surface area contributed by atoms with E-state index in [0.717, 1.165) is 22.9 Å². The maximum Gasteiger partial charge on any atom is 0.201 e. The number of hydrogen-bond acceptors (Lipinski definition) is 4. The highest BCUT2D eigenvalue weighted by atomic mass is 16.5. The molecule has 0 bridgehead atoms. The summed E-state index contributed by atoms with van der Waals surface area (Å²) in [4.78, 5) is 10.4. The summed E-state index contributed by atoms with van der Waals surface area (Å²) in [5.74, 6) is 1.74. The van der Waals surface area contributed by atoms with E-state index < -0.39 is 5.41 Å². The molecule has 1 saturated carbocycles. The van der Waals surface area contributed by atoms with Gasteiger partial charge >= 0.3 is 0 Å². The highest BCUT2D eigenvalue weighted by Gasteiger charge is 2.75. The third-order valence-electron chi connectivity index (χ3n) is 7.90. The summed E-state index contributed by atoms with van der Waals surface area (Å²) in [5.41, 5.74) is 4.26. The molecule has 3 aliphatic rings. The lowest BCUT2D eigenvalue weighted by Crippen LogP contribution is -2.30. The van der Waals surface area contributed by atoms with Crippen LogP contribution in [0.25, 0.3) is 0 Å². The van der Waals surface area contributed by atoms with Crippen molar-refractivity contribution in [3.05, 3.63) is 144 Å². The normalized spacial score (nSPS) is 25.5. The van der Waals surface area contributed by atoms with Gasteiger partial charge in [-0.25, -0.2) is 9.98 Å². The van der Waals surface area contributed by atoms with Gasteiger partial charge in [0.1, 0.15) is 30.7 Å². The zero-order valence-corrected chi connectivity index (χ0v) is 20.5. The second kappa shape index (κ2) is 9.04. The van der Waals surface area contributed by atoms with Crippen LogP contribution < -0.4 is 0 Å². The van der Waals surface area contributed by atoms with Gasteiger partial charge in [0.2, 0.25) is 11.8 Å². The summed E-state index contributed by atoms with van der Waals surface area (Å²) in [6.07, 6.45) is 0. The molecule has 0 radical (unpaired) electrons. The van der Waals surface area contributed by atoms with Crippen LogP contribution in [0.3, 0.4) is 0 Å². The quantitative estimate of drug-likeness (QED) is 0.299. The van der Waals surface area contributed by atoms with Crippen LogP contribution in [0.15, 0.2) is 131 Å². The van der Waals surface area contributed by atoms with Crippen LogP contribution in [0.4, 0.5) is 0 Å². The molecule has 0 aromatic heterocycles. The van der Waals surface area contributed by atoms with Crippen molar-refractivity contribution in [1.82, 2.24) is 0 Å². The summed E-state index contributed by atoms with van der Waals surface area (Å²) >= 11 is 0. The van der Waals surface area contributed by atoms with Crippen molar-refractivity contribution in [2.75, 3.05) is 13.2 Å².